The van der Waals surface area contributed by atoms with Gasteiger partial charge in [0, 0.05) is 36.6 Å². The molecule has 0 spiro atoms. The molecule has 0 amide bonds. The molecule has 0 saturated heterocycles. The van der Waals surface area contributed by atoms with Gasteiger partial charge in [-0.25, -0.2) is 0 Å². The Morgan fingerprint density at radius 3 is 1.22 bits per heavy atom. The fourth-order valence-corrected chi connectivity index (χ4v) is 22.1. The zero-order valence-corrected chi connectivity index (χ0v) is 38.0. The summed E-state index contributed by atoms with van der Waals surface area (Å²) in [6, 6.07) is 98.5. The average molecular weight is 866 g/mol. The third-order valence-corrected chi connectivity index (χ3v) is 24.5. The Balaban J connectivity index is 1.14. The molecule has 0 atom stereocenters. The van der Waals surface area contributed by atoms with Crippen LogP contribution in [0.1, 0.15) is 0 Å². The smallest absolute Gasteiger partial charge is 0.181 e. The molecular weight excluding hydrogens is 823 g/mol. The molecule has 0 aliphatic carbocycles. The van der Waals surface area contributed by atoms with E-state index in [2.05, 4.69) is 265 Å². The summed E-state index contributed by atoms with van der Waals surface area (Å²) in [6.45, 7) is 0. The summed E-state index contributed by atoms with van der Waals surface area (Å²) in [5, 5.41) is 16.2. The first kappa shape index (κ1) is 38.3. The summed E-state index contributed by atoms with van der Waals surface area (Å²) >= 11 is 1.94. The lowest BCUT2D eigenvalue weighted by atomic mass is 10.1. The molecule has 1 nitrogen and oxygen atoms in total. The van der Waals surface area contributed by atoms with Crippen molar-refractivity contribution in [1.29, 1.82) is 0 Å². The minimum Gasteiger partial charge on any atom is -0.309 e. The highest BCUT2D eigenvalue weighted by atomic mass is 32.1. The molecule has 12 aromatic rings. The fourth-order valence-electron chi connectivity index (χ4n) is 10.8. The maximum Gasteiger partial charge on any atom is 0.181 e. The fraction of sp³-hybridized carbons (Fsp3) is 0. The van der Waals surface area contributed by atoms with Crippen LogP contribution >= 0.6 is 11.3 Å². The van der Waals surface area contributed by atoms with Gasteiger partial charge < -0.3 is 4.57 Å². The third-order valence-electron chi connectivity index (χ3n) is 13.5. The molecule has 64 heavy (non-hydrogen) atoms. The number of benzene rings is 10. The molecule has 2 heterocycles. The molecule has 0 aliphatic heterocycles. The zero-order chi connectivity index (χ0) is 42.5. The Labute approximate surface area is 379 Å². The maximum absolute atomic E-state index is 2.96. The van der Waals surface area contributed by atoms with Gasteiger partial charge in [-0.05, 0) is 71.8 Å². The number of hydrogen-bond donors (Lipinski definition) is 0. The number of rotatable bonds is 9. The first-order valence-corrected chi connectivity index (χ1v) is 26.9. The van der Waals surface area contributed by atoms with E-state index >= 15 is 0 Å². The van der Waals surface area contributed by atoms with E-state index in [4.69, 9.17) is 0 Å². The van der Waals surface area contributed by atoms with Gasteiger partial charge >= 0.3 is 0 Å². The lowest BCUT2D eigenvalue weighted by Crippen LogP contribution is -2.76. The van der Waals surface area contributed by atoms with E-state index in [1.165, 1.54) is 89.2 Å². The van der Waals surface area contributed by atoms with Crippen LogP contribution in [0.4, 0.5) is 0 Å². The van der Waals surface area contributed by atoms with Gasteiger partial charge in [-0.15, -0.1) is 11.3 Å². The quantitative estimate of drug-likeness (QED) is 0.101. The predicted molar refractivity (Wildman–Crippen MR) is 281 cm³/mol. The van der Waals surface area contributed by atoms with E-state index < -0.39 is 16.1 Å². The van der Waals surface area contributed by atoms with Crippen molar-refractivity contribution in [3.63, 3.8) is 0 Å². The monoisotopic (exact) mass is 865 g/mol. The minimum atomic E-state index is -2.96. The van der Waals surface area contributed by atoms with E-state index in [0.717, 1.165) is 0 Å². The van der Waals surface area contributed by atoms with Crippen LogP contribution in [0.25, 0.3) is 47.7 Å². The molecule has 0 saturated carbocycles. The largest absolute Gasteiger partial charge is 0.309 e. The molecule has 302 valence electrons. The molecule has 0 aliphatic rings. The van der Waals surface area contributed by atoms with Crippen molar-refractivity contribution in [3.05, 3.63) is 261 Å². The topological polar surface area (TPSA) is 4.93 Å². The highest BCUT2D eigenvalue weighted by molar-refractivity contribution is 7.30. The van der Waals surface area contributed by atoms with E-state index in [9.17, 15) is 0 Å². The van der Waals surface area contributed by atoms with E-state index in [0.29, 0.717) is 0 Å². The minimum absolute atomic E-state index is 1.17. The summed E-state index contributed by atoms with van der Waals surface area (Å²) in [4.78, 5) is 0. The predicted octanol–water partition coefficient (Wildman–Crippen LogP) is 9.91. The highest BCUT2D eigenvalue weighted by Gasteiger charge is 2.45. The van der Waals surface area contributed by atoms with Gasteiger partial charge in [0.1, 0.15) is 0 Å². The van der Waals surface area contributed by atoms with Crippen molar-refractivity contribution in [3.8, 4) is 5.69 Å². The van der Waals surface area contributed by atoms with Crippen molar-refractivity contribution in [2.75, 3.05) is 0 Å². The van der Waals surface area contributed by atoms with Crippen molar-refractivity contribution >= 4 is 111 Å². The van der Waals surface area contributed by atoms with E-state index in [1.807, 2.05) is 11.3 Å². The van der Waals surface area contributed by atoms with Crippen LogP contribution in [0.15, 0.2) is 261 Å². The standard InChI is InChI=1S/C60H43NSSi2/c1-5-22-45(23-6-1)63(46-24-7-2-8-25-46,51-30-19-21-44(43-51)61-56-35-16-13-31-52(56)53-32-14-17-36-57(53)61)49-39-41-50(42-40-49)64(47-26-9-3-10-27-47,48-28-11-4-12-29-48)59-38-20-34-55-54-33-15-18-37-58(54)62-60(55)59/h1-43H. The Morgan fingerprint density at radius 2 is 0.672 bits per heavy atom. The van der Waals surface area contributed by atoms with Crippen LogP contribution in [0.5, 0.6) is 0 Å². The summed E-state index contributed by atoms with van der Waals surface area (Å²) in [5.74, 6) is 0. The Hall–Kier alpha value is -7.35. The third kappa shape index (κ3) is 5.87. The second-order valence-corrected chi connectivity index (χ2v) is 25.4. The molecule has 0 N–H and O–H groups in total. The van der Waals surface area contributed by atoms with Gasteiger partial charge in [0.2, 0.25) is 0 Å². The SMILES string of the molecule is c1ccc([Si](c2ccccc2)(c2ccc([Si](c3ccccc3)(c3ccccc3)c3cccc4c3sc3ccccc34)cc2)c2cccc(-n3c4ccccc4c4ccccc43)c2)cc1. The first-order chi connectivity index (χ1) is 31.8. The summed E-state index contributed by atoms with van der Waals surface area (Å²) < 4.78 is 5.17. The van der Waals surface area contributed by atoms with E-state index in [1.54, 1.807) is 0 Å². The zero-order valence-electron chi connectivity index (χ0n) is 35.2. The van der Waals surface area contributed by atoms with Crippen LogP contribution in [0.2, 0.25) is 0 Å². The molecule has 12 rings (SSSR count). The van der Waals surface area contributed by atoms with Crippen LogP contribution in [-0.4, -0.2) is 20.7 Å². The summed E-state index contributed by atoms with van der Waals surface area (Å²) in [6.07, 6.45) is 0. The second kappa shape index (κ2) is 15.8. The van der Waals surface area contributed by atoms with Crippen molar-refractivity contribution < 1.29 is 0 Å². The van der Waals surface area contributed by atoms with Crippen molar-refractivity contribution in [1.82, 2.24) is 4.57 Å². The van der Waals surface area contributed by atoms with Gasteiger partial charge in [0.05, 0.1) is 11.0 Å². The van der Waals surface area contributed by atoms with Gasteiger partial charge in [-0.3, -0.25) is 0 Å². The molecule has 0 fully saturated rings. The Bertz CT molecular complexity index is 3470. The normalized spacial score (nSPS) is 12.1. The summed E-state index contributed by atoms with van der Waals surface area (Å²) in [5.41, 5.74) is 3.61. The second-order valence-electron chi connectivity index (χ2n) is 16.7. The van der Waals surface area contributed by atoms with E-state index in [-0.39, 0.29) is 0 Å². The number of hydrogen-bond acceptors (Lipinski definition) is 1. The average Bonchev–Trinajstić information content (AvgIpc) is 3.93. The Morgan fingerprint density at radius 1 is 0.281 bits per heavy atom. The molecule has 10 aromatic carbocycles. The lowest BCUT2D eigenvalue weighted by Gasteiger charge is -2.37. The number of para-hydroxylation sites is 2. The van der Waals surface area contributed by atoms with Gasteiger partial charge in [-0.2, -0.15) is 0 Å². The number of nitrogens with zero attached hydrogens (tertiary/aromatic N) is 1. The lowest BCUT2D eigenvalue weighted by molar-refractivity contribution is 1.18. The van der Waals surface area contributed by atoms with Crippen LogP contribution in [-0.2, 0) is 0 Å². The van der Waals surface area contributed by atoms with Crippen LogP contribution < -0.4 is 41.5 Å². The van der Waals surface area contributed by atoms with Crippen LogP contribution in [0, 0.1) is 0 Å². The van der Waals surface area contributed by atoms with Gasteiger partial charge in [0.15, 0.2) is 16.1 Å². The van der Waals surface area contributed by atoms with Gasteiger partial charge in [-0.1, -0.05) is 231 Å². The molecule has 4 heteroatoms. The van der Waals surface area contributed by atoms with Crippen LogP contribution in [0.3, 0.4) is 0 Å². The molecule has 0 unspecified atom stereocenters. The number of fused-ring (bicyclic) bond motifs is 6. The van der Waals surface area contributed by atoms with Gasteiger partial charge in [0.25, 0.3) is 0 Å². The van der Waals surface area contributed by atoms with Crippen molar-refractivity contribution in [2.45, 2.75) is 0 Å². The maximum atomic E-state index is 2.51. The first-order valence-electron chi connectivity index (χ1n) is 22.1. The molecule has 0 radical (unpaired) electrons. The molecule has 0 bridgehead atoms. The summed E-state index contributed by atoms with van der Waals surface area (Å²) in [7, 11) is -5.88. The molecular formula is C60H43NSSi2. The molecule has 2 aromatic heterocycles. The number of thiophene rings is 1. The van der Waals surface area contributed by atoms with Crippen molar-refractivity contribution in [2.24, 2.45) is 0 Å². The highest BCUT2D eigenvalue weighted by Crippen LogP contribution is 2.34. The number of aromatic nitrogens is 1. The Kier molecular flexibility index (Phi) is 9.45.